The van der Waals surface area contributed by atoms with Gasteiger partial charge in [-0.15, -0.1) is 0 Å². The van der Waals surface area contributed by atoms with E-state index in [1.165, 1.54) is 38.8 Å². The molecule has 52 heavy (non-hydrogen) atoms. The van der Waals surface area contributed by atoms with Crippen molar-refractivity contribution < 1.29 is 9.31 Å². The molecule has 1 saturated heterocycles. The van der Waals surface area contributed by atoms with E-state index in [2.05, 4.69) is 185 Å². The van der Waals surface area contributed by atoms with Gasteiger partial charge in [-0.05, 0) is 101 Å². The molecule has 1 aliphatic heterocycles. The molecule has 8 aromatic rings. The van der Waals surface area contributed by atoms with E-state index < -0.39 is 23.7 Å². The Kier molecular flexibility index (Phi) is 6.74. The van der Waals surface area contributed by atoms with E-state index in [1.54, 1.807) is 0 Å². The summed E-state index contributed by atoms with van der Waals surface area (Å²) < 4.78 is 13.1. The summed E-state index contributed by atoms with van der Waals surface area (Å²) in [5.41, 5.74) is 10.3. The van der Waals surface area contributed by atoms with Crippen LogP contribution in [0.2, 0.25) is 0 Å². The van der Waals surface area contributed by atoms with Crippen LogP contribution in [-0.2, 0) is 14.7 Å². The molecule has 0 bridgehead atoms. The number of hydrogen-bond acceptors (Lipinski definition) is 3. The van der Waals surface area contributed by atoms with Crippen molar-refractivity contribution in [1.29, 1.82) is 0 Å². The molecule has 0 spiro atoms. The van der Waals surface area contributed by atoms with Crippen LogP contribution in [-0.4, -0.2) is 23.3 Å². The third kappa shape index (κ3) is 4.32. The second kappa shape index (κ2) is 11.2. The summed E-state index contributed by atoms with van der Waals surface area (Å²) in [4.78, 5) is 5.47. The first-order chi connectivity index (χ1) is 25.3. The van der Waals surface area contributed by atoms with Gasteiger partial charge in [-0.3, -0.25) is 0 Å². The molecule has 2 heterocycles. The Bertz CT molecular complexity index is 2650. The van der Waals surface area contributed by atoms with Gasteiger partial charge < -0.3 is 9.31 Å². The highest BCUT2D eigenvalue weighted by Crippen LogP contribution is 2.57. The molecule has 0 amide bonds. The zero-order valence-electron chi connectivity index (χ0n) is 29.9. The van der Waals surface area contributed by atoms with Gasteiger partial charge in [-0.1, -0.05) is 140 Å². The zero-order valence-corrected chi connectivity index (χ0v) is 29.9. The summed E-state index contributed by atoms with van der Waals surface area (Å²) in [6.45, 7) is 8.43. The monoisotopic (exact) mass is 671 g/mol. The van der Waals surface area contributed by atoms with Crippen molar-refractivity contribution in [2.75, 3.05) is 0 Å². The Morgan fingerprint density at radius 2 is 1.02 bits per heavy atom. The highest BCUT2D eigenvalue weighted by molar-refractivity contribution is 6.65. The third-order valence-corrected chi connectivity index (χ3v) is 12.0. The number of aromatic nitrogens is 1. The highest BCUT2D eigenvalue weighted by Gasteiger charge is 2.52. The lowest BCUT2D eigenvalue weighted by Gasteiger charge is -2.34. The lowest BCUT2D eigenvalue weighted by Crippen LogP contribution is -2.41. The normalized spacial score (nSPS) is 16.7. The van der Waals surface area contributed by atoms with E-state index >= 15 is 0 Å². The molecular formula is C48H38BNO2. The van der Waals surface area contributed by atoms with Gasteiger partial charge in [0.25, 0.3) is 0 Å². The molecule has 10 rings (SSSR count). The van der Waals surface area contributed by atoms with Crippen molar-refractivity contribution in [2.45, 2.75) is 44.3 Å². The minimum atomic E-state index is -0.482. The molecule has 0 radical (unpaired) electrons. The molecule has 2 aliphatic rings. The maximum Gasteiger partial charge on any atom is 0.495 e. The van der Waals surface area contributed by atoms with Gasteiger partial charge in [0.05, 0.1) is 27.8 Å². The van der Waals surface area contributed by atoms with Crippen molar-refractivity contribution >= 4 is 45.0 Å². The first-order valence-electron chi connectivity index (χ1n) is 18.2. The smallest absolute Gasteiger partial charge is 0.399 e. The molecule has 0 unspecified atom stereocenters. The second-order valence-corrected chi connectivity index (χ2v) is 15.3. The van der Waals surface area contributed by atoms with Crippen LogP contribution in [0.5, 0.6) is 0 Å². The SMILES string of the molecule is CC1(C)OB(c2ccc(-c3nc4ccccc4c4cc5c(cc34)-c3ccccc3C5(c3ccccc3)c3ccccc3)c3ccccc23)OC1(C)C. The van der Waals surface area contributed by atoms with E-state index in [1.807, 2.05) is 0 Å². The third-order valence-electron chi connectivity index (χ3n) is 12.0. The summed E-state index contributed by atoms with van der Waals surface area (Å²) in [5.74, 6) is 0. The van der Waals surface area contributed by atoms with Crippen LogP contribution in [0.3, 0.4) is 0 Å². The number of hydrogen-bond donors (Lipinski definition) is 0. The van der Waals surface area contributed by atoms with Gasteiger partial charge in [-0.2, -0.15) is 0 Å². The van der Waals surface area contributed by atoms with E-state index in [0.717, 1.165) is 43.8 Å². The Labute approximate surface area is 305 Å². The summed E-state index contributed by atoms with van der Waals surface area (Å²) in [5, 5.41) is 5.72. The lowest BCUT2D eigenvalue weighted by atomic mass is 9.67. The lowest BCUT2D eigenvalue weighted by molar-refractivity contribution is 0.00578. The van der Waals surface area contributed by atoms with Crippen LogP contribution < -0.4 is 5.46 Å². The number of fused-ring (bicyclic) bond motifs is 7. The molecule has 1 aliphatic carbocycles. The van der Waals surface area contributed by atoms with Crippen LogP contribution in [0.4, 0.5) is 0 Å². The molecular weight excluding hydrogens is 633 g/mol. The number of benzene rings is 7. The largest absolute Gasteiger partial charge is 0.495 e. The molecule has 7 aromatic carbocycles. The average Bonchev–Trinajstić information content (AvgIpc) is 3.59. The minimum Gasteiger partial charge on any atom is -0.399 e. The maximum absolute atomic E-state index is 6.57. The molecule has 0 saturated carbocycles. The fraction of sp³-hybridized carbons (Fsp3) is 0.146. The molecule has 0 atom stereocenters. The van der Waals surface area contributed by atoms with Gasteiger partial charge in [-0.25, -0.2) is 4.98 Å². The van der Waals surface area contributed by atoms with Crippen molar-refractivity contribution in [2.24, 2.45) is 0 Å². The van der Waals surface area contributed by atoms with Crippen LogP contribution in [0.15, 0.2) is 158 Å². The molecule has 1 aromatic heterocycles. The predicted octanol–water partition coefficient (Wildman–Crippen LogP) is 10.9. The first-order valence-corrected chi connectivity index (χ1v) is 18.2. The van der Waals surface area contributed by atoms with Crippen molar-refractivity contribution in [3.05, 3.63) is 180 Å². The topological polar surface area (TPSA) is 31.4 Å². The van der Waals surface area contributed by atoms with Gasteiger partial charge in [0.1, 0.15) is 0 Å². The van der Waals surface area contributed by atoms with Gasteiger partial charge in [0.15, 0.2) is 0 Å². The van der Waals surface area contributed by atoms with E-state index in [-0.39, 0.29) is 0 Å². The summed E-state index contributed by atoms with van der Waals surface area (Å²) >= 11 is 0. The van der Waals surface area contributed by atoms with Crippen molar-refractivity contribution in [1.82, 2.24) is 4.98 Å². The van der Waals surface area contributed by atoms with E-state index in [0.29, 0.717) is 0 Å². The van der Waals surface area contributed by atoms with Crippen LogP contribution >= 0.6 is 0 Å². The predicted molar refractivity (Wildman–Crippen MR) is 215 cm³/mol. The molecule has 0 N–H and O–H groups in total. The van der Waals surface area contributed by atoms with Gasteiger partial charge >= 0.3 is 7.12 Å². The Morgan fingerprint density at radius 1 is 0.442 bits per heavy atom. The quantitative estimate of drug-likeness (QED) is 0.138. The molecule has 1 fully saturated rings. The highest BCUT2D eigenvalue weighted by atomic mass is 16.7. The summed E-state index contributed by atoms with van der Waals surface area (Å²) in [6.07, 6.45) is 0. The number of pyridine rings is 1. The Hall–Kier alpha value is -5.55. The zero-order chi connectivity index (χ0) is 35.2. The molecule has 4 heteroatoms. The van der Waals surface area contributed by atoms with Crippen molar-refractivity contribution in [3.63, 3.8) is 0 Å². The fourth-order valence-corrected chi connectivity index (χ4v) is 8.80. The minimum absolute atomic E-state index is 0.432. The molecule has 250 valence electrons. The number of nitrogens with zero attached hydrogens (tertiary/aromatic N) is 1. The van der Waals surface area contributed by atoms with Gasteiger partial charge in [0.2, 0.25) is 0 Å². The van der Waals surface area contributed by atoms with Gasteiger partial charge in [0, 0.05) is 16.3 Å². The molecule has 3 nitrogen and oxygen atoms in total. The van der Waals surface area contributed by atoms with E-state index in [9.17, 15) is 0 Å². The van der Waals surface area contributed by atoms with Crippen LogP contribution in [0.1, 0.15) is 49.9 Å². The first kappa shape index (κ1) is 31.2. The van der Waals surface area contributed by atoms with Crippen LogP contribution in [0.25, 0.3) is 54.8 Å². The second-order valence-electron chi connectivity index (χ2n) is 15.3. The number of rotatable bonds is 4. The Morgan fingerprint density at radius 3 is 1.71 bits per heavy atom. The maximum atomic E-state index is 6.57. The Balaban J connectivity index is 1.29. The summed E-state index contributed by atoms with van der Waals surface area (Å²) in [6, 6.07) is 57.4. The fourth-order valence-electron chi connectivity index (χ4n) is 8.80. The number of para-hydroxylation sites is 1. The average molecular weight is 672 g/mol. The van der Waals surface area contributed by atoms with Crippen LogP contribution in [0, 0.1) is 0 Å². The van der Waals surface area contributed by atoms with E-state index in [4.69, 9.17) is 14.3 Å². The summed E-state index contributed by atoms with van der Waals surface area (Å²) in [7, 11) is -0.464. The standard InChI is InChI=1S/C48H38BNO2/c1-46(2)47(3,4)52-49(51-46)43-28-27-37(33-21-11-12-23-35(33)43)45-40-29-39-34-22-13-15-25-41(34)48(31-17-7-5-8-18-31,32-19-9-6-10-20-32)42(39)30-38(40)36-24-14-16-26-44(36)50-45/h5-30H,1-4H3. The van der Waals surface area contributed by atoms with Crippen molar-refractivity contribution in [3.8, 4) is 22.4 Å².